The van der Waals surface area contributed by atoms with Gasteiger partial charge >= 0.3 is 0 Å². The average molecular weight is 363 g/mol. The summed E-state index contributed by atoms with van der Waals surface area (Å²) in [4.78, 5) is 12.0. The van der Waals surface area contributed by atoms with Crippen LogP contribution in [0.3, 0.4) is 0 Å². The summed E-state index contributed by atoms with van der Waals surface area (Å²) in [6.45, 7) is 0.330. The van der Waals surface area contributed by atoms with Crippen LogP contribution in [0, 0.1) is 17.1 Å². The van der Waals surface area contributed by atoms with Crippen molar-refractivity contribution in [3.63, 3.8) is 0 Å². The second kappa shape index (κ2) is 8.15. The van der Waals surface area contributed by atoms with Gasteiger partial charge in [0.1, 0.15) is 23.3 Å². The van der Waals surface area contributed by atoms with Crippen LogP contribution in [0.2, 0.25) is 0 Å². The van der Waals surface area contributed by atoms with E-state index in [0.717, 1.165) is 5.69 Å². The number of anilines is 1. The second-order valence-corrected chi connectivity index (χ2v) is 5.91. The number of rotatable bonds is 6. The lowest BCUT2D eigenvalue weighted by Gasteiger charge is -2.05. The van der Waals surface area contributed by atoms with Gasteiger partial charge in [0.2, 0.25) is 0 Å². The molecule has 1 aromatic heterocycles. The molecule has 3 N–H and O–H groups in total. The summed E-state index contributed by atoms with van der Waals surface area (Å²) < 4.78 is 15.1. The average Bonchev–Trinajstić information content (AvgIpc) is 3.01. The fourth-order valence-electron chi connectivity index (χ4n) is 2.74. The van der Waals surface area contributed by atoms with Crippen LogP contribution in [-0.4, -0.2) is 22.2 Å². The number of nitrogens with zero attached hydrogens (tertiary/aromatic N) is 3. The topological polar surface area (TPSA) is 96.7 Å². The van der Waals surface area contributed by atoms with Gasteiger partial charge < -0.3 is 11.1 Å². The third-order valence-electron chi connectivity index (χ3n) is 4.10. The predicted octanol–water partition coefficient (Wildman–Crippen LogP) is 2.83. The molecule has 0 bridgehead atoms. The largest absolute Gasteiger partial charge is 0.382 e. The molecule has 3 rings (SSSR count). The quantitative estimate of drug-likeness (QED) is 0.658. The Hall–Kier alpha value is -3.66. The van der Waals surface area contributed by atoms with E-state index in [1.54, 1.807) is 6.07 Å². The molecular weight excluding hydrogens is 345 g/mol. The lowest BCUT2D eigenvalue weighted by Crippen LogP contribution is -2.25. The van der Waals surface area contributed by atoms with Crippen LogP contribution in [0.5, 0.6) is 0 Å². The Balaban J connectivity index is 1.64. The molecule has 1 amide bonds. The molecule has 0 radical (unpaired) electrons. The van der Waals surface area contributed by atoms with E-state index in [4.69, 9.17) is 5.73 Å². The Morgan fingerprint density at radius 1 is 1.19 bits per heavy atom. The zero-order valence-corrected chi connectivity index (χ0v) is 14.5. The number of aryl methyl sites for hydroxylation is 1. The summed E-state index contributed by atoms with van der Waals surface area (Å²) in [7, 11) is 0. The third-order valence-corrected chi connectivity index (χ3v) is 4.10. The fraction of sp³-hybridized carbons (Fsp3) is 0.150. The van der Waals surface area contributed by atoms with Crippen molar-refractivity contribution in [2.75, 3.05) is 12.3 Å². The number of hydrogen-bond acceptors (Lipinski definition) is 4. The Morgan fingerprint density at radius 2 is 1.89 bits per heavy atom. The van der Waals surface area contributed by atoms with Crippen LogP contribution in [0.25, 0.3) is 5.69 Å². The van der Waals surface area contributed by atoms with E-state index in [2.05, 4.69) is 16.5 Å². The molecule has 0 aliphatic rings. The zero-order chi connectivity index (χ0) is 19.2. The molecule has 0 atom stereocenters. The van der Waals surface area contributed by atoms with Crippen molar-refractivity contribution in [2.45, 2.75) is 12.8 Å². The summed E-state index contributed by atoms with van der Waals surface area (Å²) in [5.74, 6) is -0.742. The first kappa shape index (κ1) is 18.1. The first-order valence-electron chi connectivity index (χ1n) is 8.47. The molecule has 0 unspecified atom stereocenters. The van der Waals surface area contributed by atoms with Crippen molar-refractivity contribution >= 4 is 11.7 Å². The highest BCUT2D eigenvalue weighted by molar-refractivity contribution is 5.94. The number of nitrogen functional groups attached to an aromatic ring is 1. The van der Waals surface area contributed by atoms with Gasteiger partial charge in [-0.3, -0.25) is 4.79 Å². The molecule has 0 saturated heterocycles. The highest BCUT2D eigenvalue weighted by Crippen LogP contribution is 2.21. The molecule has 6 nitrogen and oxygen atoms in total. The van der Waals surface area contributed by atoms with Gasteiger partial charge in [-0.25, -0.2) is 9.07 Å². The molecule has 3 aromatic rings. The van der Waals surface area contributed by atoms with Crippen molar-refractivity contribution in [1.82, 2.24) is 15.1 Å². The summed E-state index contributed by atoms with van der Waals surface area (Å²) in [5, 5.41) is 16.5. The molecule has 0 aliphatic carbocycles. The van der Waals surface area contributed by atoms with E-state index in [9.17, 15) is 14.4 Å². The van der Waals surface area contributed by atoms with E-state index in [-0.39, 0.29) is 11.4 Å². The van der Waals surface area contributed by atoms with E-state index in [0.29, 0.717) is 30.6 Å². The van der Waals surface area contributed by atoms with Gasteiger partial charge in [-0.05, 0) is 37.1 Å². The Labute approximate surface area is 156 Å². The second-order valence-electron chi connectivity index (χ2n) is 5.91. The van der Waals surface area contributed by atoms with Crippen LogP contribution in [0.4, 0.5) is 10.2 Å². The van der Waals surface area contributed by atoms with Crippen molar-refractivity contribution in [1.29, 1.82) is 5.26 Å². The lowest BCUT2D eigenvalue weighted by atomic mass is 10.1. The first-order chi connectivity index (χ1) is 13.1. The number of aromatic nitrogens is 2. The molecule has 0 saturated carbocycles. The maximum atomic E-state index is 13.6. The van der Waals surface area contributed by atoms with Gasteiger partial charge in [-0.1, -0.05) is 30.3 Å². The Bertz CT molecular complexity index is 991. The van der Waals surface area contributed by atoms with Gasteiger partial charge in [0.15, 0.2) is 0 Å². The van der Waals surface area contributed by atoms with E-state index in [1.165, 1.54) is 22.9 Å². The minimum absolute atomic E-state index is 0.00724. The standard InChI is InChI=1S/C20H18FN5O/c21-17-10-5-4-9-15(17)20(27)24-12-6-11-18-16(13-22)19(23)26(25-18)14-7-2-1-3-8-14/h1-5,7-10H,6,11-12,23H2,(H,24,27). The first-order valence-corrected chi connectivity index (χ1v) is 8.47. The molecule has 27 heavy (non-hydrogen) atoms. The van der Waals surface area contributed by atoms with Crippen molar-refractivity contribution in [3.05, 3.63) is 77.2 Å². The normalized spacial score (nSPS) is 10.4. The highest BCUT2D eigenvalue weighted by Gasteiger charge is 2.16. The molecule has 0 fully saturated rings. The van der Waals surface area contributed by atoms with Crippen molar-refractivity contribution in [3.8, 4) is 11.8 Å². The van der Waals surface area contributed by atoms with Crippen molar-refractivity contribution < 1.29 is 9.18 Å². The number of para-hydroxylation sites is 1. The summed E-state index contributed by atoms with van der Waals surface area (Å²) in [6, 6.07) is 17.2. The maximum Gasteiger partial charge on any atom is 0.254 e. The maximum absolute atomic E-state index is 13.6. The van der Waals surface area contributed by atoms with Crippen LogP contribution < -0.4 is 11.1 Å². The number of hydrogen-bond donors (Lipinski definition) is 2. The Kier molecular flexibility index (Phi) is 5.47. The van der Waals surface area contributed by atoms with Crippen molar-refractivity contribution in [2.24, 2.45) is 0 Å². The van der Waals surface area contributed by atoms with Gasteiger partial charge in [0.05, 0.1) is 16.9 Å². The molecule has 7 heteroatoms. The Morgan fingerprint density at radius 3 is 2.59 bits per heavy atom. The number of amides is 1. The SMILES string of the molecule is N#Cc1c(CCCNC(=O)c2ccccc2F)nn(-c2ccccc2)c1N. The molecule has 136 valence electrons. The van der Waals surface area contributed by atoms with E-state index >= 15 is 0 Å². The number of carbonyl (C=O) groups is 1. The van der Waals surface area contributed by atoms with Crippen LogP contribution in [-0.2, 0) is 6.42 Å². The smallest absolute Gasteiger partial charge is 0.254 e. The molecule has 0 aliphatic heterocycles. The number of nitrogens with two attached hydrogens (primary N) is 1. The zero-order valence-electron chi connectivity index (χ0n) is 14.5. The molecule has 1 heterocycles. The molecular formula is C20H18FN5O. The summed E-state index contributed by atoms with van der Waals surface area (Å²) in [5.41, 5.74) is 7.74. The number of nitriles is 1. The van der Waals surface area contributed by atoms with E-state index < -0.39 is 11.7 Å². The van der Waals surface area contributed by atoms with Gasteiger partial charge in [0, 0.05) is 6.54 Å². The highest BCUT2D eigenvalue weighted by atomic mass is 19.1. The summed E-state index contributed by atoms with van der Waals surface area (Å²) >= 11 is 0. The number of nitrogens with one attached hydrogen (secondary N) is 1. The van der Waals surface area contributed by atoms with E-state index in [1.807, 2.05) is 30.3 Å². The fourth-order valence-corrected chi connectivity index (χ4v) is 2.74. The van der Waals surface area contributed by atoms with Gasteiger partial charge in [0.25, 0.3) is 5.91 Å². The van der Waals surface area contributed by atoms with Crippen LogP contribution in [0.15, 0.2) is 54.6 Å². The monoisotopic (exact) mass is 363 g/mol. The van der Waals surface area contributed by atoms with Crippen LogP contribution in [0.1, 0.15) is 28.0 Å². The minimum atomic E-state index is -0.559. The predicted molar refractivity (Wildman–Crippen MR) is 99.7 cm³/mol. The van der Waals surface area contributed by atoms with Gasteiger partial charge in [-0.2, -0.15) is 10.4 Å². The lowest BCUT2D eigenvalue weighted by molar-refractivity contribution is 0.0949. The van der Waals surface area contributed by atoms with Crippen LogP contribution >= 0.6 is 0 Å². The molecule has 0 spiro atoms. The number of benzene rings is 2. The minimum Gasteiger partial charge on any atom is -0.382 e. The third kappa shape index (κ3) is 3.96. The number of carbonyl (C=O) groups excluding carboxylic acids is 1. The molecule has 2 aromatic carbocycles. The van der Waals surface area contributed by atoms with Gasteiger partial charge in [-0.15, -0.1) is 0 Å². The number of halogens is 1. The summed E-state index contributed by atoms with van der Waals surface area (Å²) in [6.07, 6.45) is 1.00.